The number of fused-ring (bicyclic) bond motifs is 8. The van der Waals surface area contributed by atoms with E-state index >= 15 is 0 Å². The van der Waals surface area contributed by atoms with Crippen LogP contribution in [0.1, 0.15) is 83.1 Å². The molecule has 3 amide bonds. The van der Waals surface area contributed by atoms with E-state index in [0.717, 1.165) is 24.8 Å². The van der Waals surface area contributed by atoms with Gasteiger partial charge in [0.15, 0.2) is 6.29 Å². The molecular weight excluding hydrogens is 496 g/mol. The lowest BCUT2D eigenvalue weighted by molar-refractivity contribution is -0.142. The summed E-state index contributed by atoms with van der Waals surface area (Å²) in [7, 11) is 0. The van der Waals surface area contributed by atoms with E-state index in [2.05, 4.69) is 12.2 Å². The molecule has 39 heavy (non-hydrogen) atoms. The van der Waals surface area contributed by atoms with Crippen molar-refractivity contribution in [1.29, 1.82) is 0 Å². The minimum absolute atomic E-state index is 0.0448. The lowest BCUT2D eigenvalue weighted by Crippen LogP contribution is -2.41. The van der Waals surface area contributed by atoms with Crippen molar-refractivity contribution in [1.82, 2.24) is 10.2 Å². The van der Waals surface area contributed by atoms with E-state index in [1.54, 1.807) is 0 Å². The van der Waals surface area contributed by atoms with Crippen molar-refractivity contribution >= 4 is 17.9 Å². The van der Waals surface area contributed by atoms with Gasteiger partial charge >= 0.3 is 6.09 Å². The molecule has 8 heteroatoms. The monoisotopic (exact) mass is 540 g/mol. The first kappa shape index (κ1) is 28.1. The highest BCUT2D eigenvalue weighted by Gasteiger charge is 2.70. The number of imide groups is 1. The Bertz CT molecular complexity index is 951. The number of benzene rings is 1. The number of unbranched alkanes of at least 4 members (excludes halogenated alkanes) is 8. The molecule has 2 saturated heterocycles. The third-order valence-electron chi connectivity index (χ3n) is 9.10. The maximum Gasteiger partial charge on any atom is 0.407 e. The Kier molecular flexibility index (Phi) is 9.56. The number of nitrogens with one attached hydrogen (secondary N) is 1. The Morgan fingerprint density at radius 2 is 1.49 bits per heavy atom. The second-order valence-electron chi connectivity index (χ2n) is 11.7. The van der Waals surface area contributed by atoms with E-state index in [1.165, 1.54) is 56.3 Å². The molecule has 8 nitrogen and oxygen atoms in total. The van der Waals surface area contributed by atoms with Gasteiger partial charge < -0.3 is 19.5 Å². The minimum atomic E-state index is -0.562. The fourth-order valence-electron chi connectivity index (χ4n) is 7.21. The van der Waals surface area contributed by atoms with Crippen LogP contribution in [0, 0.1) is 23.7 Å². The molecule has 214 valence electrons. The fourth-order valence-corrected chi connectivity index (χ4v) is 7.21. The molecule has 5 rings (SSSR count). The Labute approximate surface area is 232 Å². The Hall–Kier alpha value is -2.45. The SMILES string of the molecule is CCCCCCCCCCCC1O[C@@H]2[C@@H]3C[C@H]([C@@H]2O1)[C@@H]1C(=O)N(CCNC(=O)OCc2ccccc2)C(=O)[C@H]31. The predicted molar refractivity (Wildman–Crippen MR) is 145 cm³/mol. The van der Waals surface area contributed by atoms with Gasteiger partial charge in [0.25, 0.3) is 0 Å². The van der Waals surface area contributed by atoms with Gasteiger partial charge in [0.1, 0.15) is 6.61 Å². The summed E-state index contributed by atoms with van der Waals surface area (Å²) in [6.45, 7) is 2.74. The number of alkyl carbamates (subject to hydrolysis) is 1. The van der Waals surface area contributed by atoms with Crippen LogP contribution < -0.4 is 5.32 Å². The van der Waals surface area contributed by atoms with Crippen LogP contribution in [0.3, 0.4) is 0 Å². The minimum Gasteiger partial charge on any atom is -0.445 e. The van der Waals surface area contributed by atoms with E-state index in [4.69, 9.17) is 14.2 Å². The third-order valence-corrected chi connectivity index (χ3v) is 9.10. The Morgan fingerprint density at radius 3 is 2.10 bits per heavy atom. The molecule has 2 aliphatic heterocycles. The molecule has 4 fully saturated rings. The van der Waals surface area contributed by atoms with Crippen molar-refractivity contribution in [2.24, 2.45) is 23.7 Å². The molecule has 1 aromatic rings. The summed E-state index contributed by atoms with van der Waals surface area (Å²) < 4.78 is 17.9. The van der Waals surface area contributed by atoms with Crippen LogP contribution in [0.25, 0.3) is 0 Å². The van der Waals surface area contributed by atoms with Crippen LogP contribution in [0.15, 0.2) is 30.3 Å². The molecule has 0 aromatic heterocycles. The van der Waals surface area contributed by atoms with E-state index in [9.17, 15) is 14.4 Å². The van der Waals surface area contributed by atoms with Crippen molar-refractivity contribution in [2.75, 3.05) is 13.1 Å². The summed E-state index contributed by atoms with van der Waals surface area (Å²) in [6.07, 6.45) is 12.3. The lowest BCUT2D eigenvalue weighted by Gasteiger charge is -2.28. The smallest absolute Gasteiger partial charge is 0.407 e. The molecule has 2 saturated carbocycles. The van der Waals surface area contributed by atoms with E-state index < -0.39 is 6.09 Å². The number of amides is 3. The Morgan fingerprint density at radius 1 is 0.897 bits per heavy atom. The number of hydrogen-bond acceptors (Lipinski definition) is 6. The number of hydrogen-bond donors (Lipinski definition) is 1. The van der Waals surface area contributed by atoms with E-state index in [-0.39, 0.29) is 73.7 Å². The zero-order valence-corrected chi connectivity index (χ0v) is 23.2. The summed E-state index contributed by atoms with van der Waals surface area (Å²) in [6, 6.07) is 9.42. The first-order valence-electron chi connectivity index (χ1n) is 15.2. The maximum atomic E-state index is 13.3. The predicted octanol–water partition coefficient (Wildman–Crippen LogP) is 5.19. The number of ether oxygens (including phenoxy) is 3. The number of carbonyl (C=O) groups is 3. The lowest BCUT2D eigenvalue weighted by atomic mass is 9.78. The van der Waals surface area contributed by atoms with Gasteiger partial charge in [-0.25, -0.2) is 4.79 Å². The highest BCUT2D eigenvalue weighted by Crippen LogP contribution is 2.60. The summed E-state index contributed by atoms with van der Waals surface area (Å²) in [5, 5.41) is 2.66. The van der Waals surface area contributed by atoms with Crippen molar-refractivity contribution in [3.8, 4) is 0 Å². The second kappa shape index (κ2) is 13.3. The molecular formula is C31H44N2O6. The molecule has 0 spiro atoms. The van der Waals surface area contributed by atoms with Gasteiger partial charge in [0.05, 0.1) is 24.0 Å². The third kappa shape index (κ3) is 6.32. The van der Waals surface area contributed by atoms with Crippen molar-refractivity contribution in [3.05, 3.63) is 35.9 Å². The van der Waals surface area contributed by atoms with Crippen LogP contribution in [0.5, 0.6) is 0 Å². The number of rotatable bonds is 15. The Balaban J connectivity index is 1.01. The first-order chi connectivity index (χ1) is 19.1. The molecule has 1 N–H and O–H groups in total. The maximum absolute atomic E-state index is 13.3. The quantitative estimate of drug-likeness (QED) is 0.243. The van der Waals surface area contributed by atoms with Gasteiger partial charge in [0.2, 0.25) is 11.8 Å². The number of likely N-dealkylation sites (tertiary alicyclic amines) is 1. The summed E-state index contributed by atoms with van der Waals surface area (Å²) >= 11 is 0. The summed E-state index contributed by atoms with van der Waals surface area (Å²) in [4.78, 5) is 39.9. The summed E-state index contributed by atoms with van der Waals surface area (Å²) in [5.74, 6) is -0.790. The molecule has 1 unspecified atom stereocenters. The van der Waals surface area contributed by atoms with E-state index in [1.807, 2.05) is 30.3 Å². The van der Waals surface area contributed by atoms with Crippen LogP contribution in [-0.2, 0) is 30.4 Å². The van der Waals surface area contributed by atoms with Gasteiger partial charge in [-0.1, -0.05) is 88.6 Å². The van der Waals surface area contributed by atoms with Gasteiger partial charge in [0, 0.05) is 24.9 Å². The molecule has 0 radical (unpaired) electrons. The van der Waals surface area contributed by atoms with Gasteiger partial charge in [-0.15, -0.1) is 0 Å². The summed E-state index contributed by atoms with van der Waals surface area (Å²) in [5.41, 5.74) is 0.895. The van der Waals surface area contributed by atoms with Gasteiger partial charge in [-0.3, -0.25) is 14.5 Å². The van der Waals surface area contributed by atoms with Crippen molar-refractivity contribution in [2.45, 2.75) is 103 Å². The zero-order chi connectivity index (χ0) is 27.2. The molecule has 4 aliphatic rings. The van der Waals surface area contributed by atoms with Crippen LogP contribution in [0.4, 0.5) is 4.79 Å². The number of carbonyl (C=O) groups excluding carboxylic acids is 3. The second-order valence-corrected chi connectivity index (χ2v) is 11.7. The highest BCUT2D eigenvalue weighted by molar-refractivity contribution is 6.06. The average molecular weight is 541 g/mol. The van der Waals surface area contributed by atoms with E-state index in [0.29, 0.717) is 0 Å². The zero-order valence-electron chi connectivity index (χ0n) is 23.2. The van der Waals surface area contributed by atoms with Crippen LogP contribution >= 0.6 is 0 Å². The average Bonchev–Trinajstić information content (AvgIpc) is 3.68. The molecule has 2 bridgehead atoms. The fraction of sp³-hybridized carbons (Fsp3) is 0.710. The van der Waals surface area contributed by atoms with Gasteiger partial charge in [-0.05, 0) is 24.8 Å². The largest absolute Gasteiger partial charge is 0.445 e. The highest BCUT2D eigenvalue weighted by atomic mass is 16.7. The molecule has 7 atom stereocenters. The first-order valence-corrected chi connectivity index (χ1v) is 15.2. The topological polar surface area (TPSA) is 94.2 Å². The molecule has 2 aliphatic carbocycles. The van der Waals surface area contributed by atoms with Crippen LogP contribution in [-0.4, -0.2) is 54.4 Å². The van der Waals surface area contributed by atoms with Crippen molar-refractivity contribution in [3.63, 3.8) is 0 Å². The van der Waals surface area contributed by atoms with Gasteiger partial charge in [-0.2, -0.15) is 0 Å². The standard InChI is InChI=1S/C31H44N2O6/c1-2-3-4-5-6-7-8-9-13-16-24-38-27-22-19-23(28(27)39-24)26-25(22)29(34)33(30(26)35)18-17-32-31(36)37-20-21-14-11-10-12-15-21/h10-12,14-15,22-28H,2-9,13,16-20H2,1H3,(H,32,36)/t22-,23+,24?,25-,26+,27-,28+. The van der Waals surface area contributed by atoms with Crippen LogP contribution in [0.2, 0.25) is 0 Å². The van der Waals surface area contributed by atoms with Crippen molar-refractivity contribution < 1.29 is 28.6 Å². The molecule has 1 aromatic carbocycles. The normalized spacial score (nSPS) is 30.6. The molecule has 2 heterocycles. The number of nitrogens with zero attached hydrogens (tertiary/aromatic N) is 1.